The molecule has 2 fully saturated rings. The predicted octanol–water partition coefficient (Wildman–Crippen LogP) is 4.88. The van der Waals surface area contributed by atoms with E-state index in [1.807, 2.05) is 36.5 Å². The fourth-order valence-electron chi connectivity index (χ4n) is 5.43. The van der Waals surface area contributed by atoms with Gasteiger partial charge in [-0.2, -0.15) is 9.78 Å². The minimum atomic E-state index is -0.170. The third-order valence-corrected chi connectivity index (χ3v) is 7.15. The number of para-hydroxylation sites is 1. The summed E-state index contributed by atoms with van der Waals surface area (Å²) in [5.41, 5.74) is 5.41. The van der Waals surface area contributed by atoms with E-state index in [9.17, 15) is 4.79 Å². The van der Waals surface area contributed by atoms with E-state index in [2.05, 4.69) is 46.9 Å². The summed E-state index contributed by atoms with van der Waals surface area (Å²) in [6, 6.07) is 16.4. The van der Waals surface area contributed by atoms with Crippen LogP contribution in [-0.4, -0.2) is 47.0 Å². The van der Waals surface area contributed by atoms with Crippen molar-refractivity contribution in [2.45, 2.75) is 58.6 Å². The molecule has 1 aromatic heterocycles. The second-order valence-corrected chi connectivity index (χ2v) is 10.0. The summed E-state index contributed by atoms with van der Waals surface area (Å²) in [5.74, 6) is 0.457. The van der Waals surface area contributed by atoms with Crippen molar-refractivity contribution in [3.8, 4) is 11.4 Å². The topological polar surface area (TPSA) is 50.6 Å². The second kappa shape index (κ2) is 10.6. The van der Waals surface area contributed by atoms with E-state index < -0.39 is 0 Å². The van der Waals surface area contributed by atoms with Crippen LogP contribution < -0.4 is 15.2 Å². The molecular weight excluding hydrogens is 436 g/mol. The highest BCUT2D eigenvalue weighted by Crippen LogP contribution is 2.30. The van der Waals surface area contributed by atoms with Crippen molar-refractivity contribution in [1.29, 1.82) is 0 Å². The average Bonchev–Trinajstić information content (AvgIpc) is 2.86. The van der Waals surface area contributed by atoms with Gasteiger partial charge < -0.3 is 9.64 Å². The van der Waals surface area contributed by atoms with E-state index in [0.717, 1.165) is 69.8 Å². The fourth-order valence-corrected chi connectivity index (χ4v) is 5.43. The van der Waals surface area contributed by atoms with E-state index in [1.54, 1.807) is 0 Å². The predicted molar refractivity (Wildman–Crippen MR) is 141 cm³/mol. The van der Waals surface area contributed by atoms with Crippen LogP contribution in [0.4, 0.5) is 5.69 Å². The Kier molecular flexibility index (Phi) is 7.19. The highest BCUT2D eigenvalue weighted by Gasteiger charge is 2.26. The number of nitrogens with zero attached hydrogens (tertiary/aromatic N) is 4. The molecule has 5 rings (SSSR count). The first kappa shape index (κ1) is 23.6. The molecule has 1 aliphatic heterocycles. The average molecular weight is 473 g/mol. The van der Waals surface area contributed by atoms with Crippen LogP contribution in [0.15, 0.2) is 59.5 Å². The van der Waals surface area contributed by atoms with Crippen LogP contribution >= 0.6 is 0 Å². The van der Waals surface area contributed by atoms with Gasteiger partial charge in [-0.25, -0.2) is 0 Å². The number of hydrogen-bond donors (Lipinski definition) is 0. The quantitative estimate of drug-likeness (QED) is 0.512. The molecule has 1 saturated carbocycles. The van der Waals surface area contributed by atoms with E-state index in [-0.39, 0.29) is 11.7 Å². The zero-order valence-electron chi connectivity index (χ0n) is 20.9. The van der Waals surface area contributed by atoms with Gasteiger partial charge in [0.25, 0.3) is 0 Å². The van der Waals surface area contributed by atoms with Gasteiger partial charge in [-0.15, -0.1) is 0 Å². The van der Waals surface area contributed by atoms with E-state index in [0.29, 0.717) is 5.75 Å². The number of hydrogen-bond acceptors (Lipinski definition) is 5. The monoisotopic (exact) mass is 472 g/mol. The molecule has 1 saturated heterocycles. The molecular formula is C29H36N4O2. The highest BCUT2D eigenvalue weighted by atomic mass is 16.5. The number of aryl methyl sites for hydroxylation is 2. The van der Waals surface area contributed by atoms with Crippen molar-refractivity contribution < 1.29 is 4.74 Å². The maximum absolute atomic E-state index is 13.6. The van der Waals surface area contributed by atoms with E-state index in [1.165, 1.54) is 27.8 Å². The Morgan fingerprint density at radius 3 is 2.29 bits per heavy atom. The Morgan fingerprint density at radius 1 is 0.914 bits per heavy atom. The van der Waals surface area contributed by atoms with Crippen LogP contribution in [0.2, 0.25) is 0 Å². The summed E-state index contributed by atoms with van der Waals surface area (Å²) in [7, 11) is 0. The molecule has 6 nitrogen and oxygen atoms in total. The minimum Gasteiger partial charge on any atom is -0.483 e. The molecule has 6 heteroatoms. The maximum Gasteiger partial charge on any atom is 0.316 e. The Labute approximate surface area is 208 Å². The lowest BCUT2D eigenvalue weighted by Gasteiger charge is -2.37. The van der Waals surface area contributed by atoms with Crippen molar-refractivity contribution in [3.05, 3.63) is 81.8 Å². The standard InChI is InChI=1S/C29H36N4O2/c1-22-17-23(2)19-24(18-22)21-31-13-15-32(16-14-31)27-20-30-33(25-9-5-3-6-10-25)29(34)28(27)35-26-11-7-4-8-12-26/h3,5-6,9-10,17-20,26H,4,7-8,11-16,21H2,1-2H3. The summed E-state index contributed by atoms with van der Waals surface area (Å²) >= 11 is 0. The van der Waals surface area contributed by atoms with Gasteiger partial charge in [-0.1, -0.05) is 53.9 Å². The third kappa shape index (κ3) is 5.59. The lowest BCUT2D eigenvalue weighted by atomic mass is 9.98. The Hall–Kier alpha value is -3.12. The van der Waals surface area contributed by atoms with Crippen LogP contribution in [0.1, 0.15) is 48.8 Å². The van der Waals surface area contributed by atoms with Gasteiger partial charge in [0, 0.05) is 32.7 Å². The Bertz CT molecular complexity index is 1170. The zero-order chi connectivity index (χ0) is 24.2. The number of anilines is 1. The molecule has 0 unspecified atom stereocenters. The van der Waals surface area contributed by atoms with Crippen LogP contribution in [0, 0.1) is 13.8 Å². The van der Waals surface area contributed by atoms with E-state index >= 15 is 0 Å². The minimum absolute atomic E-state index is 0.104. The van der Waals surface area contributed by atoms with Crippen LogP contribution in [0.25, 0.3) is 5.69 Å². The van der Waals surface area contributed by atoms with Crippen molar-refractivity contribution in [2.24, 2.45) is 0 Å². The van der Waals surface area contributed by atoms with Gasteiger partial charge in [0.1, 0.15) is 5.69 Å². The molecule has 0 spiro atoms. The molecule has 2 heterocycles. The van der Waals surface area contributed by atoms with Crippen LogP contribution in [0.5, 0.6) is 5.75 Å². The largest absolute Gasteiger partial charge is 0.483 e. The van der Waals surface area contributed by atoms with Crippen molar-refractivity contribution in [1.82, 2.24) is 14.7 Å². The first-order valence-electron chi connectivity index (χ1n) is 13.0. The molecule has 3 aromatic rings. The summed E-state index contributed by atoms with van der Waals surface area (Å²) in [5, 5.41) is 4.55. The summed E-state index contributed by atoms with van der Waals surface area (Å²) in [4.78, 5) is 18.4. The van der Waals surface area contributed by atoms with Crippen LogP contribution in [0.3, 0.4) is 0 Å². The number of ether oxygens (including phenoxy) is 1. The number of benzene rings is 2. The lowest BCUT2D eigenvalue weighted by molar-refractivity contribution is 0.152. The van der Waals surface area contributed by atoms with Gasteiger partial charge in [0.05, 0.1) is 18.0 Å². The SMILES string of the molecule is Cc1cc(C)cc(CN2CCN(c3cnn(-c4ccccc4)c(=O)c3OC3CCCCC3)CC2)c1. The fraction of sp³-hybridized carbons (Fsp3) is 0.448. The molecule has 1 aliphatic carbocycles. The zero-order valence-corrected chi connectivity index (χ0v) is 20.9. The van der Waals surface area contributed by atoms with Gasteiger partial charge in [0.15, 0.2) is 0 Å². The number of rotatable bonds is 6. The first-order valence-corrected chi connectivity index (χ1v) is 13.0. The summed E-state index contributed by atoms with van der Waals surface area (Å²) < 4.78 is 7.92. The number of piperazine rings is 1. The van der Waals surface area contributed by atoms with Gasteiger partial charge in [0.2, 0.25) is 5.75 Å². The molecule has 0 bridgehead atoms. The number of aromatic nitrogens is 2. The van der Waals surface area contributed by atoms with E-state index in [4.69, 9.17) is 4.74 Å². The van der Waals surface area contributed by atoms with Crippen LogP contribution in [-0.2, 0) is 6.54 Å². The normalized spacial score (nSPS) is 17.5. The first-order chi connectivity index (χ1) is 17.1. The smallest absolute Gasteiger partial charge is 0.316 e. The van der Waals surface area contributed by atoms with Crippen molar-refractivity contribution >= 4 is 5.69 Å². The lowest BCUT2D eigenvalue weighted by Crippen LogP contribution is -2.46. The summed E-state index contributed by atoms with van der Waals surface area (Å²) in [6.45, 7) is 8.86. The van der Waals surface area contributed by atoms with Crippen molar-refractivity contribution in [3.63, 3.8) is 0 Å². The van der Waals surface area contributed by atoms with Gasteiger partial charge in [-0.05, 0) is 57.2 Å². The highest BCUT2D eigenvalue weighted by molar-refractivity contribution is 5.57. The molecule has 2 aliphatic rings. The third-order valence-electron chi connectivity index (χ3n) is 7.15. The van der Waals surface area contributed by atoms with Gasteiger partial charge in [-0.3, -0.25) is 9.69 Å². The van der Waals surface area contributed by atoms with Crippen molar-refractivity contribution in [2.75, 3.05) is 31.1 Å². The molecule has 0 N–H and O–H groups in total. The molecule has 184 valence electrons. The summed E-state index contributed by atoms with van der Waals surface area (Å²) in [6.07, 6.45) is 7.52. The maximum atomic E-state index is 13.6. The van der Waals surface area contributed by atoms with Gasteiger partial charge >= 0.3 is 5.56 Å². The molecule has 0 atom stereocenters. The molecule has 2 aromatic carbocycles. The molecule has 0 radical (unpaired) electrons. The molecule has 0 amide bonds. The molecule has 35 heavy (non-hydrogen) atoms. The Balaban J connectivity index is 1.36. The second-order valence-electron chi connectivity index (χ2n) is 10.0. The Morgan fingerprint density at radius 2 is 1.60 bits per heavy atom.